The standard InChI is InChI=1S/C24H25BrFN7OS2/c25-17-16(36-31-24(11-26)3-4-24)10-33-15(18(17)32-7-5-22(6-8-32)13-34-14-22)9-28-19(33)20-29-30-21(35-20)23(12-27)1-2-23/h9-10,31H,1-8,11,13-14H2. The van der Waals surface area contributed by atoms with E-state index in [1.807, 2.05) is 12.4 Å². The molecule has 2 aliphatic carbocycles. The number of ether oxygens (including phenoxy) is 1. The van der Waals surface area contributed by atoms with Gasteiger partial charge in [0, 0.05) is 24.7 Å². The van der Waals surface area contributed by atoms with Crippen LogP contribution in [0.4, 0.5) is 10.1 Å². The van der Waals surface area contributed by atoms with E-state index in [0.717, 1.165) is 90.4 Å². The highest BCUT2D eigenvalue weighted by atomic mass is 79.9. The number of fused-ring (bicyclic) bond motifs is 1. The molecule has 2 saturated heterocycles. The summed E-state index contributed by atoms with van der Waals surface area (Å²) in [5.41, 5.74) is 1.54. The molecule has 0 aromatic carbocycles. The van der Waals surface area contributed by atoms with Crippen molar-refractivity contribution >= 4 is 50.4 Å². The largest absolute Gasteiger partial charge is 0.380 e. The zero-order valence-corrected chi connectivity index (χ0v) is 22.8. The lowest BCUT2D eigenvalue weighted by Gasteiger charge is -2.48. The predicted octanol–water partition coefficient (Wildman–Crippen LogP) is 4.89. The number of nitrogens with zero attached hydrogens (tertiary/aromatic N) is 6. The van der Waals surface area contributed by atoms with Crippen molar-refractivity contribution in [2.24, 2.45) is 5.41 Å². The molecule has 8 nitrogen and oxygen atoms in total. The van der Waals surface area contributed by atoms with Crippen LogP contribution in [0, 0.1) is 16.7 Å². The monoisotopic (exact) mass is 589 g/mol. The van der Waals surface area contributed by atoms with Gasteiger partial charge in [-0.15, -0.1) is 10.2 Å². The van der Waals surface area contributed by atoms with Crippen molar-refractivity contribution < 1.29 is 9.13 Å². The second-order valence-electron chi connectivity index (χ2n) is 10.7. The molecule has 7 rings (SSSR count). The highest BCUT2D eigenvalue weighted by Crippen LogP contribution is 2.50. The van der Waals surface area contributed by atoms with Crippen molar-refractivity contribution in [2.45, 2.75) is 54.4 Å². The molecule has 0 atom stereocenters. The van der Waals surface area contributed by atoms with E-state index in [4.69, 9.17) is 9.72 Å². The molecule has 0 amide bonds. The quantitative estimate of drug-likeness (QED) is 0.390. The lowest BCUT2D eigenvalue weighted by atomic mass is 9.77. The Morgan fingerprint density at radius 1 is 1.19 bits per heavy atom. The highest BCUT2D eigenvalue weighted by molar-refractivity contribution is 9.10. The number of rotatable bonds is 7. The van der Waals surface area contributed by atoms with Crippen LogP contribution >= 0.6 is 39.2 Å². The number of nitriles is 1. The molecule has 3 aromatic rings. The van der Waals surface area contributed by atoms with Crippen molar-refractivity contribution in [2.75, 3.05) is 37.9 Å². The van der Waals surface area contributed by atoms with Crippen LogP contribution in [0.2, 0.25) is 0 Å². The second-order valence-corrected chi connectivity index (χ2v) is 13.3. The van der Waals surface area contributed by atoms with Crippen molar-refractivity contribution in [3.05, 3.63) is 21.9 Å². The maximum Gasteiger partial charge on any atom is 0.183 e. The van der Waals surface area contributed by atoms with Gasteiger partial charge in [-0.25, -0.2) is 9.37 Å². The summed E-state index contributed by atoms with van der Waals surface area (Å²) < 4.78 is 25.6. The second kappa shape index (κ2) is 8.36. The van der Waals surface area contributed by atoms with Crippen molar-refractivity contribution in [3.63, 3.8) is 0 Å². The highest BCUT2D eigenvalue weighted by Gasteiger charge is 2.48. The molecular weight excluding hydrogens is 565 g/mol. The normalized spacial score (nSPS) is 23.0. The fourth-order valence-corrected chi connectivity index (χ4v) is 7.83. The van der Waals surface area contributed by atoms with Gasteiger partial charge in [-0.3, -0.25) is 9.12 Å². The molecule has 5 heterocycles. The van der Waals surface area contributed by atoms with Gasteiger partial charge in [0.05, 0.1) is 51.6 Å². The minimum Gasteiger partial charge on any atom is -0.380 e. The Hall–Kier alpha value is -1.78. The Bertz CT molecular complexity index is 1380. The van der Waals surface area contributed by atoms with E-state index in [-0.39, 0.29) is 6.67 Å². The summed E-state index contributed by atoms with van der Waals surface area (Å²) in [4.78, 5) is 8.18. The van der Waals surface area contributed by atoms with Gasteiger partial charge in [-0.2, -0.15) is 5.26 Å². The van der Waals surface area contributed by atoms with Gasteiger partial charge in [-0.05, 0) is 66.4 Å². The first-order valence-corrected chi connectivity index (χ1v) is 14.7. The van der Waals surface area contributed by atoms with E-state index in [1.54, 1.807) is 0 Å². The third kappa shape index (κ3) is 3.69. The Morgan fingerprint density at radius 3 is 2.58 bits per heavy atom. The van der Waals surface area contributed by atoms with Crippen LogP contribution in [0.1, 0.15) is 43.5 Å². The lowest BCUT2D eigenvalue weighted by Crippen LogP contribution is -2.51. The molecule has 188 valence electrons. The Morgan fingerprint density at radius 2 is 1.97 bits per heavy atom. The molecule has 4 fully saturated rings. The predicted molar refractivity (Wildman–Crippen MR) is 140 cm³/mol. The number of pyridine rings is 1. The van der Waals surface area contributed by atoms with E-state index in [2.05, 4.69) is 46.2 Å². The van der Waals surface area contributed by atoms with E-state index >= 15 is 0 Å². The lowest BCUT2D eigenvalue weighted by molar-refractivity contribution is -0.124. The number of hydrogen-bond donors (Lipinski definition) is 1. The van der Waals surface area contributed by atoms with Gasteiger partial charge in [0.1, 0.15) is 17.1 Å². The SMILES string of the molecule is N#CC1(c2nnc(-c3ncc4c(N5CCC6(CC5)COC6)c(Br)c(SNC5(CF)CC5)cn34)s2)CC1. The molecule has 1 N–H and O–H groups in total. The third-order valence-corrected chi connectivity index (χ3v) is 11.4. The summed E-state index contributed by atoms with van der Waals surface area (Å²) in [5, 5.41) is 19.9. The summed E-state index contributed by atoms with van der Waals surface area (Å²) >= 11 is 6.82. The smallest absolute Gasteiger partial charge is 0.183 e. The molecule has 2 saturated carbocycles. The molecule has 0 radical (unpaired) electrons. The van der Waals surface area contributed by atoms with Gasteiger partial charge >= 0.3 is 0 Å². The molecule has 0 unspecified atom stereocenters. The maximum absolute atomic E-state index is 13.6. The van der Waals surface area contributed by atoms with Crippen LogP contribution in [0.15, 0.2) is 21.8 Å². The first-order chi connectivity index (χ1) is 17.5. The van der Waals surface area contributed by atoms with Crippen LogP contribution in [0.3, 0.4) is 0 Å². The summed E-state index contributed by atoms with van der Waals surface area (Å²) in [5.74, 6) is 0.714. The number of alkyl halides is 1. The van der Waals surface area contributed by atoms with Crippen LogP contribution < -0.4 is 9.62 Å². The maximum atomic E-state index is 13.6. The van der Waals surface area contributed by atoms with E-state index in [9.17, 15) is 9.65 Å². The van der Waals surface area contributed by atoms with E-state index in [0.29, 0.717) is 16.2 Å². The summed E-state index contributed by atoms with van der Waals surface area (Å²) in [6.45, 7) is 3.25. The minimum absolute atomic E-state index is 0.334. The molecule has 1 spiro atoms. The fourth-order valence-electron chi connectivity index (χ4n) is 5.07. The van der Waals surface area contributed by atoms with Crippen LogP contribution in [0.5, 0.6) is 0 Å². The van der Waals surface area contributed by atoms with Gasteiger partial charge in [0.2, 0.25) is 0 Å². The number of piperidine rings is 1. The fraction of sp³-hybridized carbons (Fsp3) is 0.583. The van der Waals surface area contributed by atoms with Gasteiger partial charge < -0.3 is 9.64 Å². The number of imidazole rings is 1. The van der Waals surface area contributed by atoms with Crippen molar-refractivity contribution in [3.8, 4) is 16.9 Å². The zero-order valence-electron chi connectivity index (χ0n) is 19.6. The molecule has 4 aliphatic rings. The van der Waals surface area contributed by atoms with Crippen LogP contribution in [-0.2, 0) is 10.2 Å². The Kier molecular flexibility index (Phi) is 5.42. The topological polar surface area (TPSA) is 91.4 Å². The van der Waals surface area contributed by atoms with Crippen LogP contribution in [0.25, 0.3) is 16.3 Å². The third-order valence-electron chi connectivity index (χ3n) is 8.14. The average Bonchev–Trinajstić information content (AvgIpc) is 3.76. The van der Waals surface area contributed by atoms with E-state index in [1.165, 1.54) is 23.3 Å². The van der Waals surface area contributed by atoms with Crippen molar-refractivity contribution in [1.29, 1.82) is 5.26 Å². The van der Waals surface area contributed by atoms with Gasteiger partial charge in [-0.1, -0.05) is 11.3 Å². The number of aromatic nitrogens is 4. The molecule has 2 aliphatic heterocycles. The molecular formula is C24H25BrFN7OS2. The minimum atomic E-state index is -0.470. The van der Waals surface area contributed by atoms with Crippen LogP contribution in [-0.4, -0.2) is 58.1 Å². The average molecular weight is 591 g/mol. The number of anilines is 1. The van der Waals surface area contributed by atoms with Gasteiger partial charge in [0.15, 0.2) is 10.8 Å². The summed E-state index contributed by atoms with van der Waals surface area (Å²) in [7, 11) is 0. The number of nitrogens with one attached hydrogen (secondary N) is 1. The molecule has 3 aromatic heterocycles. The zero-order chi connectivity index (χ0) is 24.5. The Balaban J connectivity index is 1.29. The first kappa shape index (κ1) is 23.3. The number of halogens is 2. The number of hydrogen-bond acceptors (Lipinski definition) is 9. The molecule has 0 bridgehead atoms. The van der Waals surface area contributed by atoms with Crippen molar-refractivity contribution in [1.82, 2.24) is 24.3 Å². The van der Waals surface area contributed by atoms with E-state index < -0.39 is 11.0 Å². The van der Waals surface area contributed by atoms with Gasteiger partial charge in [0.25, 0.3) is 0 Å². The molecule has 36 heavy (non-hydrogen) atoms. The Labute approximate surface area is 224 Å². The molecule has 12 heteroatoms. The first-order valence-electron chi connectivity index (χ1n) is 12.3. The summed E-state index contributed by atoms with van der Waals surface area (Å²) in [6.07, 6.45) is 9.51. The summed E-state index contributed by atoms with van der Waals surface area (Å²) in [6, 6.07) is 2.41.